The minimum atomic E-state index is -3.06. The maximum Gasteiger partial charge on any atom is 0.211 e. The molecule has 0 aromatic carbocycles. The van der Waals surface area contributed by atoms with E-state index in [9.17, 15) is 8.42 Å². The number of rotatable bonds is 6. The minimum absolute atomic E-state index is 0.240. The number of hydrogen-bond donors (Lipinski definition) is 2. The molecule has 0 spiro atoms. The zero-order valence-electron chi connectivity index (χ0n) is 9.57. The molecule has 0 heterocycles. The van der Waals surface area contributed by atoms with Gasteiger partial charge in [0.25, 0.3) is 0 Å². The fraction of sp³-hybridized carbons (Fsp3) is 1.00. The smallest absolute Gasteiger partial charge is 0.211 e. The lowest BCUT2D eigenvalue weighted by Gasteiger charge is -2.32. The molecular weight excluding hydrogens is 212 g/mol. The summed E-state index contributed by atoms with van der Waals surface area (Å²) in [6.45, 7) is 4.62. The fourth-order valence-corrected chi connectivity index (χ4v) is 3.08. The van der Waals surface area contributed by atoms with Crippen LogP contribution in [-0.2, 0) is 10.0 Å². The predicted molar refractivity (Wildman–Crippen MR) is 61.9 cm³/mol. The number of sulfonamides is 1. The molecule has 3 N–H and O–H groups in total. The van der Waals surface area contributed by atoms with Gasteiger partial charge in [-0.3, -0.25) is 0 Å². The summed E-state index contributed by atoms with van der Waals surface area (Å²) in [6.07, 6.45) is 2.62. The highest BCUT2D eigenvalue weighted by Crippen LogP contribution is 2.24. The Morgan fingerprint density at radius 1 is 1.40 bits per heavy atom. The van der Waals surface area contributed by atoms with Crippen molar-refractivity contribution in [1.29, 1.82) is 0 Å². The Morgan fingerprint density at radius 2 is 2.00 bits per heavy atom. The summed E-state index contributed by atoms with van der Waals surface area (Å²) in [5.74, 6) is 1.12. The first-order valence-electron chi connectivity index (χ1n) is 5.62. The minimum Gasteiger partial charge on any atom is -0.328 e. The molecule has 4 nitrogen and oxygen atoms in total. The normalized spacial score (nSPS) is 26.7. The summed E-state index contributed by atoms with van der Waals surface area (Å²) >= 11 is 0. The summed E-state index contributed by atoms with van der Waals surface area (Å²) in [5, 5.41) is 0. The van der Waals surface area contributed by atoms with Gasteiger partial charge in [0.2, 0.25) is 10.0 Å². The van der Waals surface area contributed by atoms with Gasteiger partial charge in [0.1, 0.15) is 0 Å². The molecule has 0 saturated heterocycles. The van der Waals surface area contributed by atoms with E-state index in [0.29, 0.717) is 18.4 Å². The Kier molecular flexibility index (Phi) is 4.55. The van der Waals surface area contributed by atoms with Gasteiger partial charge >= 0.3 is 0 Å². The largest absolute Gasteiger partial charge is 0.328 e. The van der Waals surface area contributed by atoms with Crippen LogP contribution in [0.3, 0.4) is 0 Å². The van der Waals surface area contributed by atoms with E-state index >= 15 is 0 Å². The summed E-state index contributed by atoms with van der Waals surface area (Å²) in [6, 6.07) is 0.287. The average molecular weight is 234 g/mol. The summed E-state index contributed by atoms with van der Waals surface area (Å²) in [5.41, 5.74) is 5.63. The molecule has 90 valence electrons. The molecule has 0 amide bonds. The Hall–Kier alpha value is -0.130. The van der Waals surface area contributed by atoms with Crippen molar-refractivity contribution < 1.29 is 8.42 Å². The molecule has 1 saturated carbocycles. The highest BCUT2D eigenvalue weighted by atomic mass is 32.2. The first-order chi connectivity index (χ1) is 6.89. The van der Waals surface area contributed by atoms with Crippen molar-refractivity contribution in [3.8, 4) is 0 Å². The molecule has 1 aliphatic rings. The fourth-order valence-electron chi connectivity index (χ4n) is 1.66. The van der Waals surface area contributed by atoms with E-state index in [1.165, 1.54) is 0 Å². The van der Waals surface area contributed by atoms with E-state index < -0.39 is 10.0 Å². The second-order valence-corrected chi connectivity index (χ2v) is 6.87. The molecule has 0 unspecified atom stereocenters. The third-order valence-electron chi connectivity index (χ3n) is 2.83. The lowest BCUT2D eigenvalue weighted by molar-refractivity contribution is 0.267. The van der Waals surface area contributed by atoms with Crippen molar-refractivity contribution in [3.63, 3.8) is 0 Å². The van der Waals surface area contributed by atoms with E-state index in [0.717, 1.165) is 19.3 Å². The summed E-state index contributed by atoms with van der Waals surface area (Å²) in [7, 11) is -3.06. The van der Waals surface area contributed by atoms with Crippen molar-refractivity contribution in [2.45, 2.75) is 39.2 Å². The zero-order valence-corrected chi connectivity index (χ0v) is 10.4. The highest BCUT2D eigenvalue weighted by Gasteiger charge is 2.26. The summed E-state index contributed by atoms with van der Waals surface area (Å²) < 4.78 is 25.7. The van der Waals surface area contributed by atoms with E-state index in [-0.39, 0.29) is 11.8 Å². The van der Waals surface area contributed by atoms with Crippen LogP contribution in [-0.4, -0.2) is 26.8 Å². The molecular formula is C10H22N2O2S. The predicted octanol–water partition coefficient (Wildman–Crippen LogP) is 0.689. The average Bonchev–Trinajstić information content (AvgIpc) is 2.08. The summed E-state index contributed by atoms with van der Waals surface area (Å²) in [4.78, 5) is 0. The molecule has 1 aliphatic carbocycles. The van der Waals surface area contributed by atoms with Gasteiger partial charge < -0.3 is 5.73 Å². The van der Waals surface area contributed by atoms with Gasteiger partial charge in [-0.15, -0.1) is 0 Å². The van der Waals surface area contributed by atoms with Crippen LogP contribution in [0.1, 0.15) is 33.1 Å². The molecule has 1 fully saturated rings. The van der Waals surface area contributed by atoms with Crippen molar-refractivity contribution >= 4 is 10.0 Å². The molecule has 0 bridgehead atoms. The number of nitrogens with two attached hydrogens (primary N) is 1. The Bertz CT molecular complexity index is 282. The molecule has 0 radical (unpaired) electrons. The lowest BCUT2D eigenvalue weighted by atomic mass is 9.81. The number of hydrogen-bond acceptors (Lipinski definition) is 3. The van der Waals surface area contributed by atoms with Gasteiger partial charge in [-0.25, -0.2) is 13.1 Å². The molecule has 0 aliphatic heterocycles. The van der Waals surface area contributed by atoms with Crippen molar-refractivity contribution in [2.75, 3.05) is 12.3 Å². The molecule has 5 heteroatoms. The lowest BCUT2D eigenvalue weighted by Crippen LogP contribution is -2.43. The molecule has 0 atom stereocenters. The third kappa shape index (κ3) is 4.95. The SMILES string of the molecule is CC(C)CCS(=O)(=O)NCC1CC(N)C1. The Balaban J connectivity index is 2.18. The van der Waals surface area contributed by atoms with Crippen LogP contribution in [0.25, 0.3) is 0 Å². The maximum absolute atomic E-state index is 11.5. The maximum atomic E-state index is 11.5. The second-order valence-electron chi connectivity index (χ2n) is 4.95. The Labute approximate surface area is 92.7 Å². The van der Waals surface area contributed by atoms with Gasteiger partial charge in [0, 0.05) is 12.6 Å². The molecule has 1 rings (SSSR count). The van der Waals surface area contributed by atoms with Crippen LogP contribution in [0.15, 0.2) is 0 Å². The van der Waals surface area contributed by atoms with Crippen LogP contribution < -0.4 is 10.5 Å². The van der Waals surface area contributed by atoms with E-state index in [1.54, 1.807) is 0 Å². The van der Waals surface area contributed by atoms with Crippen LogP contribution in [0.2, 0.25) is 0 Å². The van der Waals surface area contributed by atoms with Gasteiger partial charge in [-0.2, -0.15) is 0 Å². The van der Waals surface area contributed by atoms with Crippen molar-refractivity contribution in [2.24, 2.45) is 17.6 Å². The number of nitrogens with one attached hydrogen (secondary N) is 1. The molecule has 0 aromatic rings. The quantitative estimate of drug-likeness (QED) is 0.710. The van der Waals surface area contributed by atoms with E-state index in [2.05, 4.69) is 4.72 Å². The van der Waals surface area contributed by atoms with Crippen molar-refractivity contribution in [3.05, 3.63) is 0 Å². The van der Waals surface area contributed by atoms with Gasteiger partial charge in [-0.05, 0) is 31.1 Å². The van der Waals surface area contributed by atoms with Crippen molar-refractivity contribution in [1.82, 2.24) is 4.72 Å². The van der Waals surface area contributed by atoms with Crippen LogP contribution in [0.5, 0.6) is 0 Å². The first-order valence-corrected chi connectivity index (χ1v) is 7.27. The van der Waals surface area contributed by atoms with Gasteiger partial charge in [0.15, 0.2) is 0 Å². The van der Waals surface area contributed by atoms with Gasteiger partial charge in [-0.1, -0.05) is 13.8 Å². The topological polar surface area (TPSA) is 72.2 Å². The molecule has 15 heavy (non-hydrogen) atoms. The van der Waals surface area contributed by atoms with Crippen LogP contribution in [0, 0.1) is 11.8 Å². The van der Waals surface area contributed by atoms with E-state index in [4.69, 9.17) is 5.73 Å². The van der Waals surface area contributed by atoms with Gasteiger partial charge in [0.05, 0.1) is 5.75 Å². The highest BCUT2D eigenvalue weighted by molar-refractivity contribution is 7.89. The molecule has 0 aromatic heterocycles. The third-order valence-corrected chi connectivity index (χ3v) is 4.21. The standard InChI is InChI=1S/C10H22N2O2S/c1-8(2)3-4-15(13,14)12-7-9-5-10(11)6-9/h8-10,12H,3-7,11H2,1-2H3. The second kappa shape index (κ2) is 5.27. The van der Waals surface area contributed by atoms with Crippen LogP contribution in [0.4, 0.5) is 0 Å². The zero-order chi connectivity index (χ0) is 11.5. The van der Waals surface area contributed by atoms with Crippen LogP contribution >= 0.6 is 0 Å². The monoisotopic (exact) mass is 234 g/mol. The van der Waals surface area contributed by atoms with E-state index in [1.807, 2.05) is 13.8 Å². The Morgan fingerprint density at radius 3 is 2.47 bits per heavy atom. The first kappa shape index (κ1) is 12.9.